The Bertz CT molecular complexity index is 509. The minimum atomic E-state index is -1.12. The lowest BCUT2D eigenvalue weighted by atomic mass is 9.99. The molecule has 102 valence electrons. The Hall–Kier alpha value is -2.10. The van der Waals surface area contributed by atoms with Gasteiger partial charge in [-0.05, 0) is 37.5 Å². The molecule has 0 bridgehead atoms. The highest BCUT2D eigenvalue weighted by Crippen LogP contribution is 2.18. The van der Waals surface area contributed by atoms with Gasteiger partial charge in [0.1, 0.15) is 0 Å². The van der Waals surface area contributed by atoms with E-state index in [4.69, 9.17) is 5.11 Å². The van der Waals surface area contributed by atoms with E-state index in [9.17, 15) is 9.59 Å². The van der Waals surface area contributed by atoms with Gasteiger partial charge < -0.3 is 10.0 Å². The molecule has 0 heterocycles. The molecular formula is C15H19NO3. The fourth-order valence-corrected chi connectivity index (χ4v) is 2.04. The summed E-state index contributed by atoms with van der Waals surface area (Å²) in [5.74, 6) is -1.44. The zero-order chi connectivity index (χ0) is 14.6. The van der Waals surface area contributed by atoms with Crippen molar-refractivity contribution in [2.24, 2.45) is 0 Å². The lowest BCUT2D eigenvalue weighted by Gasteiger charge is -2.19. The average molecular weight is 261 g/mol. The molecule has 1 amide bonds. The molecule has 4 nitrogen and oxygen atoms in total. The first kappa shape index (κ1) is 15.0. The van der Waals surface area contributed by atoms with Gasteiger partial charge in [0, 0.05) is 25.7 Å². The Morgan fingerprint density at radius 2 is 1.68 bits per heavy atom. The van der Waals surface area contributed by atoms with E-state index < -0.39 is 5.97 Å². The van der Waals surface area contributed by atoms with Crippen LogP contribution in [0.15, 0.2) is 24.3 Å². The van der Waals surface area contributed by atoms with Gasteiger partial charge in [-0.2, -0.15) is 0 Å². The zero-order valence-electron chi connectivity index (χ0n) is 11.7. The summed E-state index contributed by atoms with van der Waals surface area (Å²) in [5, 5.41) is 8.50. The van der Waals surface area contributed by atoms with E-state index in [0.29, 0.717) is 6.54 Å². The van der Waals surface area contributed by atoms with E-state index in [1.54, 1.807) is 7.05 Å². The average Bonchev–Trinajstić information content (AvgIpc) is 2.30. The molecule has 4 heteroatoms. The summed E-state index contributed by atoms with van der Waals surface area (Å²) in [6, 6.07) is 4.15. The summed E-state index contributed by atoms with van der Waals surface area (Å²) in [6.45, 7) is 6.54. The number of carbonyl (C=O) groups excluding carboxylic acids is 1. The second-order valence-corrected chi connectivity index (χ2v) is 4.74. The van der Waals surface area contributed by atoms with Gasteiger partial charge in [-0.25, -0.2) is 4.79 Å². The highest BCUT2D eigenvalue weighted by Gasteiger charge is 2.10. The van der Waals surface area contributed by atoms with E-state index >= 15 is 0 Å². The molecule has 0 atom stereocenters. The number of carbonyl (C=O) groups is 2. The van der Waals surface area contributed by atoms with Crippen molar-refractivity contribution in [3.63, 3.8) is 0 Å². The molecular weight excluding hydrogens is 242 g/mol. The number of rotatable bonds is 4. The van der Waals surface area contributed by atoms with E-state index in [1.165, 1.54) is 10.5 Å². The van der Waals surface area contributed by atoms with Gasteiger partial charge in [0.25, 0.3) is 0 Å². The van der Waals surface area contributed by atoms with Crippen molar-refractivity contribution in [2.45, 2.75) is 27.3 Å². The van der Waals surface area contributed by atoms with Crippen molar-refractivity contribution in [3.05, 3.63) is 46.5 Å². The predicted molar refractivity (Wildman–Crippen MR) is 73.9 cm³/mol. The lowest BCUT2D eigenvalue weighted by molar-refractivity contribution is -0.132. The molecule has 0 aromatic heterocycles. The van der Waals surface area contributed by atoms with Crippen LogP contribution in [0, 0.1) is 20.8 Å². The van der Waals surface area contributed by atoms with Crippen LogP contribution in [-0.2, 0) is 16.1 Å². The smallest absolute Gasteiger partial charge is 0.328 e. The summed E-state index contributed by atoms with van der Waals surface area (Å²) >= 11 is 0. The predicted octanol–water partition coefficient (Wildman–Crippen LogP) is 2.21. The first-order valence-electron chi connectivity index (χ1n) is 6.04. The van der Waals surface area contributed by atoms with Crippen molar-refractivity contribution < 1.29 is 14.7 Å². The monoisotopic (exact) mass is 261 g/mol. The Morgan fingerprint density at radius 3 is 2.16 bits per heavy atom. The van der Waals surface area contributed by atoms with E-state index in [2.05, 4.69) is 12.1 Å². The number of benzene rings is 1. The Labute approximate surface area is 113 Å². The van der Waals surface area contributed by atoms with Gasteiger partial charge >= 0.3 is 5.97 Å². The molecule has 0 radical (unpaired) electrons. The third-order valence-corrected chi connectivity index (χ3v) is 2.98. The number of amides is 1. The maximum Gasteiger partial charge on any atom is 0.328 e. The van der Waals surface area contributed by atoms with Crippen LogP contribution in [0.1, 0.15) is 22.3 Å². The maximum atomic E-state index is 11.7. The Morgan fingerprint density at radius 1 is 1.16 bits per heavy atom. The molecule has 0 saturated heterocycles. The second-order valence-electron chi connectivity index (χ2n) is 4.74. The summed E-state index contributed by atoms with van der Waals surface area (Å²) < 4.78 is 0. The molecule has 1 aromatic rings. The molecule has 1 N–H and O–H groups in total. The molecule has 0 aliphatic rings. The van der Waals surface area contributed by atoms with Crippen molar-refractivity contribution in [1.82, 2.24) is 4.90 Å². The Kier molecular flexibility index (Phi) is 4.87. The number of carboxylic acids is 1. The highest BCUT2D eigenvalue weighted by atomic mass is 16.4. The lowest BCUT2D eigenvalue weighted by Crippen LogP contribution is -2.25. The fourth-order valence-electron chi connectivity index (χ4n) is 2.04. The van der Waals surface area contributed by atoms with Crippen LogP contribution in [0.3, 0.4) is 0 Å². The molecule has 0 aliphatic carbocycles. The molecule has 19 heavy (non-hydrogen) atoms. The van der Waals surface area contributed by atoms with Crippen LogP contribution in [-0.4, -0.2) is 28.9 Å². The Balaban J connectivity index is 2.85. The quantitative estimate of drug-likeness (QED) is 0.845. The summed E-state index contributed by atoms with van der Waals surface area (Å²) in [7, 11) is 1.66. The van der Waals surface area contributed by atoms with Gasteiger partial charge in [0.2, 0.25) is 5.91 Å². The maximum absolute atomic E-state index is 11.7. The fraction of sp³-hybridized carbons (Fsp3) is 0.333. The van der Waals surface area contributed by atoms with Crippen molar-refractivity contribution in [2.75, 3.05) is 7.05 Å². The number of hydrogen-bond acceptors (Lipinski definition) is 2. The van der Waals surface area contributed by atoms with Crippen LogP contribution >= 0.6 is 0 Å². The minimum Gasteiger partial charge on any atom is -0.478 e. The van der Waals surface area contributed by atoms with Gasteiger partial charge in [-0.15, -0.1) is 0 Å². The van der Waals surface area contributed by atoms with Gasteiger partial charge in [-0.1, -0.05) is 17.7 Å². The molecule has 1 rings (SSSR count). The number of likely N-dealkylation sites (N-methyl/N-ethyl adjacent to an activating group) is 1. The second kappa shape index (κ2) is 6.18. The molecule has 0 fully saturated rings. The largest absolute Gasteiger partial charge is 0.478 e. The SMILES string of the molecule is Cc1cc(C)c(CN(C)C(=O)/C=C/C(=O)O)c(C)c1. The number of aryl methyl sites for hydroxylation is 3. The van der Waals surface area contributed by atoms with Crippen LogP contribution in [0.5, 0.6) is 0 Å². The summed E-state index contributed by atoms with van der Waals surface area (Å²) in [6.07, 6.45) is 1.93. The van der Waals surface area contributed by atoms with Gasteiger partial charge in [0.15, 0.2) is 0 Å². The molecule has 1 aromatic carbocycles. The van der Waals surface area contributed by atoms with Crippen LogP contribution in [0.4, 0.5) is 0 Å². The number of hydrogen-bond donors (Lipinski definition) is 1. The van der Waals surface area contributed by atoms with E-state index in [-0.39, 0.29) is 5.91 Å². The molecule has 0 unspecified atom stereocenters. The number of nitrogens with zero attached hydrogens (tertiary/aromatic N) is 1. The topological polar surface area (TPSA) is 57.6 Å². The third-order valence-electron chi connectivity index (χ3n) is 2.98. The summed E-state index contributed by atoms with van der Waals surface area (Å²) in [5.41, 5.74) is 4.57. The molecule has 0 aliphatic heterocycles. The number of aliphatic carboxylic acids is 1. The van der Waals surface area contributed by atoms with Gasteiger partial charge in [-0.3, -0.25) is 4.79 Å². The van der Waals surface area contributed by atoms with E-state index in [0.717, 1.165) is 28.8 Å². The third kappa shape index (κ3) is 4.25. The zero-order valence-corrected chi connectivity index (χ0v) is 11.7. The molecule has 0 saturated carbocycles. The normalized spacial score (nSPS) is 10.7. The highest BCUT2D eigenvalue weighted by molar-refractivity contribution is 5.93. The first-order chi connectivity index (χ1) is 8.81. The van der Waals surface area contributed by atoms with Crippen molar-refractivity contribution in [3.8, 4) is 0 Å². The standard InChI is InChI=1S/C15H19NO3/c1-10-7-11(2)13(12(3)8-10)9-16(4)14(17)5-6-15(18)19/h5-8H,9H2,1-4H3,(H,18,19)/b6-5+. The first-order valence-corrected chi connectivity index (χ1v) is 6.04. The van der Waals surface area contributed by atoms with Crippen LogP contribution in [0.2, 0.25) is 0 Å². The van der Waals surface area contributed by atoms with Crippen LogP contribution in [0.25, 0.3) is 0 Å². The van der Waals surface area contributed by atoms with Crippen molar-refractivity contribution in [1.29, 1.82) is 0 Å². The summed E-state index contributed by atoms with van der Waals surface area (Å²) in [4.78, 5) is 23.6. The van der Waals surface area contributed by atoms with Gasteiger partial charge in [0.05, 0.1) is 0 Å². The minimum absolute atomic E-state index is 0.318. The van der Waals surface area contributed by atoms with Crippen LogP contribution < -0.4 is 0 Å². The molecule has 0 spiro atoms. The van der Waals surface area contributed by atoms with Crippen molar-refractivity contribution >= 4 is 11.9 Å². The van der Waals surface area contributed by atoms with E-state index in [1.807, 2.05) is 20.8 Å². The number of carboxylic acid groups (broad SMARTS) is 1.